The maximum absolute atomic E-state index is 13.0. The van der Waals surface area contributed by atoms with Gasteiger partial charge in [-0.2, -0.15) is 0 Å². The number of rotatable bonds is 6. The first-order valence-corrected chi connectivity index (χ1v) is 11.4. The van der Waals surface area contributed by atoms with Gasteiger partial charge in [0.25, 0.3) is 10.0 Å². The zero-order valence-electron chi connectivity index (χ0n) is 17.4. The van der Waals surface area contributed by atoms with Crippen molar-refractivity contribution in [3.63, 3.8) is 0 Å². The summed E-state index contributed by atoms with van der Waals surface area (Å²) in [5.74, 6) is 0.858. The molecule has 1 N–H and O–H groups in total. The SMILES string of the molecule is CCCN1C(=O)C(C)(C)COc2ccc(NS(=O)(=O)c3ccc(OC)c(Cl)c3)cc21. The fourth-order valence-corrected chi connectivity index (χ4v) is 4.58. The highest BCUT2D eigenvalue weighted by Gasteiger charge is 2.37. The van der Waals surface area contributed by atoms with Gasteiger partial charge in [0.2, 0.25) is 5.91 Å². The smallest absolute Gasteiger partial charge is 0.261 e. The molecular weight excluding hydrogens is 428 g/mol. The second-order valence-corrected chi connectivity index (χ2v) is 9.80. The lowest BCUT2D eigenvalue weighted by Gasteiger charge is -2.28. The van der Waals surface area contributed by atoms with E-state index in [0.29, 0.717) is 29.4 Å². The van der Waals surface area contributed by atoms with Gasteiger partial charge in [-0.1, -0.05) is 18.5 Å². The summed E-state index contributed by atoms with van der Waals surface area (Å²) in [6.45, 7) is 6.39. The van der Waals surface area contributed by atoms with Crippen LogP contribution in [-0.4, -0.2) is 34.6 Å². The molecular formula is C21H25ClN2O5S. The van der Waals surface area contributed by atoms with Crippen molar-refractivity contribution in [2.75, 3.05) is 29.9 Å². The highest BCUT2D eigenvalue weighted by molar-refractivity contribution is 7.92. The summed E-state index contributed by atoms with van der Waals surface area (Å²) < 4.78 is 39.1. The molecule has 0 atom stereocenters. The number of amides is 1. The Balaban J connectivity index is 1.97. The molecule has 7 nitrogen and oxygen atoms in total. The summed E-state index contributed by atoms with van der Waals surface area (Å²) in [5, 5.41) is 0.192. The number of carbonyl (C=O) groups is 1. The van der Waals surface area contributed by atoms with Crippen molar-refractivity contribution in [2.24, 2.45) is 5.41 Å². The summed E-state index contributed by atoms with van der Waals surface area (Å²) in [7, 11) is -2.44. The number of nitrogens with one attached hydrogen (secondary N) is 1. The van der Waals surface area contributed by atoms with Gasteiger partial charge in [0.15, 0.2) is 0 Å². The van der Waals surface area contributed by atoms with Crippen molar-refractivity contribution in [1.29, 1.82) is 0 Å². The van der Waals surface area contributed by atoms with E-state index in [0.717, 1.165) is 6.42 Å². The molecule has 0 aliphatic carbocycles. The van der Waals surface area contributed by atoms with Crippen molar-refractivity contribution < 1.29 is 22.7 Å². The predicted octanol–water partition coefficient (Wildman–Crippen LogP) is 4.31. The number of anilines is 2. The molecule has 162 valence electrons. The zero-order valence-corrected chi connectivity index (χ0v) is 18.9. The number of methoxy groups -OCH3 is 1. The van der Waals surface area contributed by atoms with E-state index in [-0.39, 0.29) is 22.4 Å². The summed E-state index contributed by atoms with van der Waals surface area (Å²) in [5.41, 5.74) is 0.173. The van der Waals surface area contributed by atoms with Crippen molar-refractivity contribution in [3.05, 3.63) is 41.4 Å². The van der Waals surface area contributed by atoms with Gasteiger partial charge in [-0.05, 0) is 56.7 Å². The van der Waals surface area contributed by atoms with Crippen LogP contribution in [0.15, 0.2) is 41.3 Å². The van der Waals surface area contributed by atoms with E-state index in [2.05, 4.69) is 4.72 Å². The maximum atomic E-state index is 13.0. The number of ether oxygens (including phenoxy) is 2. The van der Waals surface area contributed by atoms with Gasteiger partial charge in [-0.3, -0.25) is 9.52 Å². The highest BCUT2D eigenvalue weighted by Crippen LogP contribution is 2.39. The molecule has 2 aromatic carbocycles. The summed E-state index contributed by atoms with van der Waals surface area (Å²) in [4.78, 5) is 14.7. The molecule has 1 aliphatic rings. The molecule has 0 spiro atoms. The van der Waals surface area contributed by atoms with Gasteiger partial charge in [0.1, 0.15) is 18.1 Å². The maximum Gasteiger partial charge on any atom is 0.261 e. The summed E-state index contributed by atoms with van der Waals surface area (Å²) in [6.07, 6.45) is 0.752. The molecule has 0 radical (unpaired) electrons. The minimum absolute atomic E-state index is 0.00196. The molecule has 1 aliphatic heterocycles. The molecule has 0 saturated heterocycles. The first kappa shape index (κ1) is 22.2. The predicted molar refractivity (Wildman–Crippen MR) is 117 cm³/mol. The van der Waals surface area contributed by atoms with Crippen LogP contribution in [0.2, 0.25) is 5.02 Å². The largest absolute Gasteiger partial charge is 0.495 e. The molecule has 2 aromatic rings. The normalized spacial score (nSPS) is 15.8. The third-order valence-electron chi connectivity index (χ3n) is 4.80. The van der Waals surface area contributed by atoms with Crippen LogP contribution < -0.4 is 19.1 Å². The lowest BCUT2D eigenvalue weighted by Crippen LogP contribution is -2.42. The van der Waals surface area contributed by atoms with Gasteiger partial charge in [0, 0.05) is 6.54 Å². The fraction of sp³-hybridized carbons (Fsp3) is 0.381. The second-order valence-electron chi connectivity index (χ2n) is 7.71. The van der Waals surface area contributed by atoms with Crippen LogP contribution in [0, 0.1) is 5.41 Å². The Morgan fingerprint density at radius 3 is 2.60 bits per heavy atom. The van der Waals surface area contributed by atoms with Crippen molar-refractivity contribution in [3.8, 4) is 11.5 Å². The lowest BCUT2D eigenvalue weighted by atomic mass is 9.93. The topological polar surface area (TPSA) is 84.9 Å². The van der Waals surface area contributed by atoms with Crippen LogP contribution in [0.4, 0.5) is 11.4 Å². The monoisotopic (exact) mass is 452 g/mol. The van der Waals surface area contributed by atoms with Crippen LogP contribution >= 0.6 is 11.6 Å². The van der Waals surface area contributed by atoms with Gasteiger partial charge >= 0.3 is 0 Å². The van der Waals surface area contributed by atoms with E-state index in [4.69, 9.17) is 21.1 Å². The summed E-state index contributed by atoms with van der Waals surface area (Å²) in [6, 6.07) is 9.12. The number of fused-ring (bicyclic) bond motifs is 1. The van der Waals surface area contributed by atoms with E-state index in [9.17, 15) is 13.2 Å². The zero-order chi connectivity index (χ0) is 22.1. The molecule has 9 heteroatoms. The number of hydrogen-bond donors (Lipinski definition) is 1. The second kappa shape index (κ2) is 8.35. The number of nitrogens with zero attached hydrogens (tertiary/aromatic N) is 1. The Bertz CT molecular complexity index is 1070. The van der Waals surface area contributed by atoms with E-state index < -0.39 is 15.4 Å². The van der Waals surface area contributed by atoms with Crippen molar-refractivity contribution >= 4 is 38.9 Å². The van der Waals surface area contributed by atoms with E-state index in [1.54, 1.807) is 23.1 Å². The molecule has 0 unspecified atom stereocenters. The Labute approximate surface area is 182 Å². The fourth-order valence-electron chi connectivity index (χ4n) is 3.18. The minimum atomic E-state index is -3.90. The van der Waals surface area contributed by atoms with Crippen LogP contribution in [-0.2, 0) is 14.8 Å². The van der Waals surface area contributed by atoms with Gasteiger partial charge in [-0.25, -0.2) is 8.42 Å². The van der Waals surface area contributed by atoms with E-state index in [1.807, 2.05) is 20.8 Å². The molecule has 1 amide bonds. The third-order valence-corrected chi connectivity index (χ3v) is 6.47. The van der Waals surface area contributed by atoms with E-state index in [1.165, 1.54) is 25.3 Å². The minimum Gasteiger partial charge on any atom is -0.495 e. The van der Waals surface area contributed by atoms with Crippen LogP contribution in [0.25, 0.3) is 0 Å². The first-order chi connectivity index (χ1) is 14.1. The molecule has 1 heterocycles. The standard InChI is InChI=1S/C21H25ClN2O5S/c1-5-10-24-17-11-14(6-8-19(17)29-13-21(2,3)20(24)25)23-30(26,27)15-7-9-18(28-4)16(22)12-15/h6-9,11-12,23H,5,10,13H2,1-4H3. The highest BCUT2D eigenvalue weighted by atomic mass is 35.5. The average Bonchev–Trinajstić information content (AvgIpc) is 2.78. The Hall–Kier alpha value is -2.45. The Morgan fingerprint density at radius 1 is 1.23 bits per heavy atom. The van der Waals surface area contributed by atoms with Gasteiger partial charge < -0.3 is 14.4 Å². The third kappa shape index (κ3) is 4.34. The molecule has 30 heavy (non-hydrogen) atoms. The van der Waals surface area contributed by atoms with Crippen molar-refractivity contribution in [1.82, 2.24) is 0 Å². The lowest BCUT2D eigenvalue weighted by molar-refractivity contribution is -0.127. The Kier molecular flexibility index (Phi) is 6.19. The van der Waals surface area contributed by atoms with Crippen LogP contribution in [0.5, 0.6) is 11.5 Å². The Morgan fingerprint density at radius 2 is 1.97 bits per heavy atom. The average molecular weight is 453 g/mol. The molecule has 0 aromatic heterocycles. The quantitative estimate of drug-likeness (QED) is 0.705. The number of halogens is 1. The number of hydrogen-bond acceptors (Lipinski definition) is 5. The molecule has 0 bridgehead atoms. The summed E-state index contributed by atoms with van der Waals surface area (Å²) >= 11 is 6.07. The first-order valence-electron chi connectivity index (χ1n) is 9.54. The molecule has 0 fully saturated rings. The van der Waals surface area contributed by atoms with Crippen LogP contribution in [0.3, 0.4) is 0 Å². The number of carbonyl (C=O) groups excluding carboxylic acids is 1. The van der Waals surface area contributed by atoms with Gasteiger partial charge in [-0.15, -0.1) is 0 Å². The number of benzene rings is 2. The molecule has 3 rings (SSSR count). The van der Waals surface area contributed by atoms with Gasteiger partial charge in [0.05, 0.1) is 33.8 Å². The molecule has 0 saturated carbocycles. The van der Waals surface area contributed by atoms with Crippen molar-refractivity contribution in [2.45, 2.75) is 32.1 Å². The van der Waals surface area contributed by atoms with Crippen LogP contribution in [0.1, 0.15) is 27.2 Å². The van der Waals surface area contributed by atoms with E-state index >= 15 is 0 Å². The number of sulfonamides is 1.